The molecule has 0 amide bonds. The van der Waals surface area contributed by atoms with Crippen molar-refractivity contribution in [3.05, 3.63) is 47.3 Å². The van der Waals surface area contributed by atoms with Crippen LogP contribution in [0.4, 0.5) is 18.9 Å². The third kappa shape index (κ3) is 4.22. The van der Waals surface area contributed by atoms with Crippen LogP contribution in [0.2, 0.25) is 0 Å². The molecule has 1 aromatic heterocycles. The van der Waals surface area contributed by atoms with E-state index in [9.17, 15) is 22.5 Å². The zero-order valence-corrected chi connectivity index (χ0v) is 14.8. The number of benzene rings is 1. The van der Waals surface area contributed by atoms with Crippen molar-refractivity contribution < 1.29 is 22.5 Å². The Morgan fingerprint density at radius 3 is 2.24 bits per heavy atom. The number of thiophene rings is 1. The number of aliphatic hydroxyl groups is 1. The molecule has 0 spiro atoms. The lowest BCUT2D eigenvalue weighted by atomic mass is 10.1. The third-order valence-electron chi connectivity index (χ3n) is 4.02. The van der Waals surface area contributed by atoms with Crippen LogP contribution in [0.15, 0.2) is 46.0 Å². The largest absolute Gasteiger partial charge is 0.418 e. The standard InChI is InChI=1S/C16H17F3N2O2S2/c17-16(18,19)15(22)12-3-5-13(6-4-12)20-7-9-21(10-8-20)25(23)14-2-1-11-24-14/h1-6,11,15,22H,7-10H2. The van der Waals surface area contributed by atoms with Gasteiger partial charge in [0.2, 0.25) is 0 Å². The summed E-state index contributed by atoms with van der Waals surface area (Å²) in [5.41, 5.74) is 0.619. The second kappa shape index (κ2) is 7.45. The van der Waals surface area contributed by atoms with Crippen molar-refractivity contribution in [1.82, 2.24) is 4.31 Å². The predicted octanol–water partition coefficient (Wildman–Crippen LogP) is 3.19. The third-order valence-corrected chi connectivity index (χ3v) is 6.72. The van der Waals surface area contributed by atoms with Crippen molar-refractivity contribution in [2.24, 2.45) is 0 Å². The summed E-state index contributed by atoms with van der Waals surface area (Å²) in [6.45, 7) is 2.49. The highest BCUT2D eigenvalue weighted by Gasteiger charge is 2.39. The van der Waals surface area contributed by atoms with Gasteiger partial charge < -0.3 is 10.0 Å². The van der Waals surface area contributed by atoms with E-state index in [0.29, 0.717) is 26.2 Å². The van der Waals surface area contributed by atoms with E-state index in [1.165, 1.54) is 23.5 Å². The number of aliphatic hydroxyl groups excluding tert-OH is 1. The minimum Gasteiger partial charge on any atom is -0.379 e. The summed E-state index contributed by atoms with van der Waals surface area (Å²) in [5.74, 6) is 0. The molecule has 1 aliphatic heterocycles. The summed E-state index contributed by atoms with van der Waals surface area (Å²) in [7, 11) is -1.16. The monoisotopic (exact) mass is 390 g/mol. The maximum absolute atomic E-state index is 12.5. The molecular weight excluding hydrogens is 373 g/mol. The van der Waals surface area contributed by atoms with Crippen LogP contribution in [0.25, 0.3) is 0 Å². The number of hydrogen-bond acceptors (Lipinski definition) is 4. The van der Waals surface area contributed by atoms with Gasteiger partial charge in [-0.15, -0.1) is 11.3 Å². The molecule has 0 radical (unpaired) electrons. The van der Waals surface area contributed by atoms with E-state index < -0.39 is 23.3 Å². The first kappa shape index (κ1) is 18.4. The topological polar surface area (TPSA) is 43.8 Å². The first-order valence-electron chi connectivity index (χ1n) is 7.66. The van der Waals surface area contributed by atoms with Crippen LogP contribution in [0.3, 0.4) is 0 Å². The fourth-order valence-electron chi connectivity index (χ4n) is 2.66. The lowest BCUT2D eigenvalue weighted by Crippen LogP contribution is -2.46. The molecule has 25 heavy (non-hydrogen) atoms. The maximum Gasteiger partial charge on any atom is 0.418 e. The quantitative estimate of drug-likeness (QED) is 0.872. The second-order valence-electron chi connectivity index (χ2n) is 5.63. The van der Waals surface area contributed by atoms with Crippen molar-refractivity contribution in [3.8, 4) is 0 Å². The Labute approximate surface area is 150 Å². The number of piperazine rings is 1. The molecule has 1 saturated heterocycles. The van der Waals surface area contributed by atoms with E-state index in [1.54, 1.807) is 12.1 Å². The molecule has 1 fully saturated rings. The minimum atomic E-state index is -4.67. The lowest BCUT2D eigenvalue weighted by molar-refractivity contribution is -0.206. The SMILES string of the molecule is O=S(c1cccs1)N1CCN(c2ccc(C(O)C(F)(F)F)cc2)CC1. The summed E-state index contributed by atoms with van der Waals surface area (Å²) in [6, 6.07) is 9.46. The Balaban J connectivity index is 1.60. The summed E-state index contributed by atoms with van der Waals surface area (Å²) in [5, 5.41) is 11.2. The van der Waals surface area contributed by atoms with Crippen LogP contribution < -0.4 is 4.90 Å². The Morgan fingerprint density at radius 2 is 1.72 bits per heavy atom. The molecule has 1 N–H and O–H groups in total. The minimum absolute atomic E-state index is 0.173. The van der Waals surface area contributed by atoms with E-state index in [1.807, 2.05) is 26.7 Å². The number of nitrogens with zero attached hydrogens (tertiary/aromatic N) is 2. The number of anilines is 1. The van der Waals surface area contributed by atoms with E-state index in [4.69, 9.17) is 0 Å². The molecule has 1 aromatic carbocycles. The Hall–Kier alpha value is -1.42. The molecule has 4 nitrogen and oxygen atoms in total. The zero-order chi connectivity index (χ0) is 18.0. The molecule has 3 rings (SSSR count). The van der Waals surface area contributed by atoms with E-state index in [-0.39, 0.29) is 5.56 Å². The Kier molecular flexibility index (Phi) is 5.47. The van der Waals surface area contributed by atoms with Crippen LogP contribution >= 0.6 is 11.3 Å². The number of hydrogen-bond donors (Lipinski definition) is 1. The molecule has 2 aromatic rings. The van der Waals surface area contributed by atoms with Gasteiger partial charge in [0, 0.05) is 31.9 Å². The highest BCUT2D eigenvalue weighted by molar-refractivity contribution is 7.85. The molecule has 0 bridgehead atoms. The molecule has 0 saturated carbocycles. The van der Waals surface area contributed by atoms with E-state index in [2.05, 4.69) is 0 Å². The van der Waals surface area contributed by atoms with Gasteiger partial charge in [-0.1, -0.05) is 18.2 Å². The molecule has 0 aliphatic carbocycles. The van der Waals surface area contributed by atoms with Crippen molar-refractivity contribution in [2.45, 2.75) is 16.5 Å². The van der Waals surface area contributed by atoms with Crippen LogP contribution in [-0.4, -0.2) is 46.0 Å². The van der Waals surface area contributed by atoms with Gasteiger partial charge in [0.25, 0.3) is 0 Å². The average Bonchev–Trinajstić information content (AvgIpc) is 3.14. The van der Waals surface area contributed by atoms with Gasteiger partial charge in [0.15, 0.2) is 6.10 Å². The first-order valence-corrected chi connectivity index (χ1v) is 9.65. The van der Waals surface area contributed by atoms with E-state index >= 15 is 0 Å². The smallest absolute Gasteiger partial charge is 0.379 e. The highest BCUT2D eigenvalue weighted by atomic mass is 32.2. The normalized spacial score (nSPS) is 19.0. The predicted molar refractivity (Wildman–Crippen MR) is 92.0 cm³/mol. The summed E-state index contributed by atoms with van der Waals surface area (Å²) < 4.78 is 52.7. The second-order valence-corrected chi connectivity index (χ2v) is 8.29. The van der Waals surface area contributed by atoms with Gasteiger partial charge in [-0.2, -0.15) is 13.2 Å². The van der Waals surface area contributed by atoms with Crippen LogP contribution in [0.1, 0.15) is 11.7 Å². The van der Waals surface area contributed by atoms with E-state index in [0.717, 1.165) is 9.90 Å². The summed E-state index contributed by atoms with van der Waals surface area (Å²) >= 11 is 1.46. The Bertz CT molecular complexity index is 712. The van der Waals surface area contributed by atoms with Gasteiger partial charge in [-0.05, 0) is 29.1 Å². The number of rotatable bonds is 4. The number of halogens is 3. The van der Waals surface area contributed by atoms with Crippen molar-refractivity contribution >= 4 is 28.0 Å². The van der Waals surface area contributed by atoms with Crippen molar-refractivity contribution in [1.29, 1.82) is 0 Å². The van der Waals surface area contributed by atoms with Gasteiger partial charge in [0.1, 0.15) is 15.2 Å². The van der Waals surface area contributed by atoms with Gasteiger partial charge >= 0.3 is 6.18 Å². The average molecular weight is 390 g/mol. The Morgan fingerprint density at radius 1 is 1.08 bits per heavy atom. The van der Waals surface area contributed by atoms with Crippen LogP contribution in [-0.2, 0) is 11.0 Å². The van der Waals surface area contributed by atoms with Crippen molar-refractivity contribution in [2.75, 3.05) is 31.1 Å². The molecular formula is C16H17F3N2O2S2. The maximum atomic E-state index is 12.5. The fraction of sp³-hybridized carbons (Fsp3) is 0.375. The molecule has 136 valence electrons. The molecule has 2 atom stereocenters. The molecule has 1 aliphatic rings. The van der Waals surface area contributed by atoms with Gasteiger partial charge in [0.05, 0.1) is 0 Å². The van der Waals surface area contributed by atoms with Gasteiger partial charge in [-0.3, -0.25) is 0 Å². The molecule has 2 unspecified atom stereocenters. The lowest BCUT2D eigenvalue weighted by Gasteiger charge is -2.35. The fourth-order valence-corrected chi connectivity index (χ4v) is 4.86. The summed E-state index contributed by atoms with van der Waals surface area (Å²) in [6.07, 6.45) is -7.13. The first-order chi connectivity index (χ1) is 11.9. The zero-order valence-electron chi connectivity index (χ0n) is 13.1. The van der Waals surface area contributed by atoms with Crippen LogP contribution in [0, 0.1) is 0 Å². The molecule has 9 heteroatoms. The van der Waals surface area contributed by atoms with Gasteiger partial charge in [-0.25, -0.2) is 8.51 Å². The number of alkyl halides is 3. The summed E-state index contributed by atoms with van der Waals surface area (Å²) in [4.78, 5) is 2.03. The molecule has 2 heterocycles. The van der Waals surface area contributed by atoms with Crippen LogP contribution in [0.5, 0.6) is 0 Å². The highest BCUT2D eigenvalue weighted by Crippen LogP contribution is 2.33. The van der Waals surface area contributed by atoms with Crippen molar-refractivity contribution in [3.63, 3.8) is 0 Å².